The fourth-order valence-corrected chi connectivity index (χ4v) is 3.05. The van der Waals surface area contributed by atoms with E-state index in [1.807, 2.05) is 7.05 Å². The summed E-state index contributed by atoms with van der Waals surface area (Å²) in [4.78, 5) is 7.00. The molecule has 1 atom stereocenters. The Bertz CT molecular complexity index is 340. The van der Waals surface area contributed by atoms with E-state index in [0.717, 1.165) is 37.1 Å². The van der Waals surface area contributed by atoms with Crippen molar-refractivity contribution in [2.75, 3.05) is 31.6 Å². The van der Waals surface area contributed by atoms with Gasteiger partial charge in [-0.1, -0.05) is 0 Å². The van der Waals surface area contributed by atoms with Gasteiger partial charge in [0, 0.05) is 31.6 Å². The van der Waals surface area contributed by atoms with Gasteiger partial charge in [-0.05, 0) is 26.8 Å². The van der Waals surface area contributed by atoms with Gasteiger partial charge in [-0.2, -0.15) is 0 Å². The van der Waals surface area contributed by atoms with Crippen LogP contribution in [0.25, 0.3) is 0 Å². The lowest BCUT2D eigenvalue weighted by atomic mass is 10.1. The number of ether oxygens (including phenoxy) is 1. The first-order chi connectivity index (χ1) is 8.33. The number of hydrogen-bond acceptors (Lipinski definition) is 5. The minimum Gasteiger partial charge on any atom is -0.377 e. The normalized spacial score (nSPS) is 20.8. The Morgan fingerprint density at radius 3 is 3.29 bits per heavy atom. The topological polar surface area (TPSA) is 37.4 Å². The molecular formula is C12H21N3OS. The van der Waals surface area contributed by atoms with Gasteiger partial charge < -0.3 is 15.0 Å². The molecule has 0 bridgehead atoms. The average Bonchev–Trinajstić information content (AvgIpc) is 2.79. The Labute approximate surface area is 107 Å². The van der Waals surface area contributed by atoms with Gasteiger partial charge in [0.2, 0.25) is 0 Å². The van der Waals surface area contributed by atoms with Crippen LogP contribution in [0.15, 0.2) is 5.38 Å². The number of nitrogens with one attached hydrogen (secondary N) is 1. The van der Waals surface area contributed by atoms with Crippen LogP contribution in [0.5, 0.6) is 0 Å². The summed E-state index contributed by atoms with van der Waals surface area (Å²) in [5, 5.41) is 6.40. The largest absolute Gasteiger partial charge is 0.377 e. The van der Waals surface area contributed by atoms with Crippen LogP contribution in [0.3, 0.4) is 0 Å². The molecule has 1 aliphatic rings. The maximum absolute atomic E-state index is 5.71. The number of hydrogen-bond donors (Lipinski definition) is 1. The maximum atomic E-state index is 5.71. The van der Waals surface area contributed by atoms with Crippen LogP contribution in [0.4, 0.5) is 5.13 Å². The third kappa shape index (κ3) is 3.40. The molecule has 0 spiro atoms. The van der Waals surface area contributed by atoms with Crippen molar-refractivity contribution in [3.05, 3.63) is 11.1 Å². The molecule has 1 aromatic rings. The van der Waals surface area contributed by atoms with Crippen molar-refractivity contribution in [1.82, 2.24) is 10.3 Å². The van der Waals surface area contributed by atoms with Gasteiger partial charge in [0.25, 0.3) is 0 Å². The van der Waals surface area contributed by atoms with E-state index in [9.17, 15) is 0 Å². The van der Waals surface area contributed by atoms with Gasteiger partial charge in [-0.25, -0.2) is 4.98 Å². The number of rotatable bonds is 5. The molecule has 0 aliphatic carbocycles. The molecule has 0 radical (unpaired) electrons. The van der Waals surface area contributed by atoms with Crippen LogP contribution in [-0.2, 0) is 11.3 Å². The van der Waals surface area contributed by atoms with Gasteiger partial charge in [-0.3, -0.25) is 0 Å². The second kappa shape index (κ2) is 6.33. The Hall–Kier alpha value is -0.650. The summed E-state index contributed by atoms with van der Waals surface area (Å²) < 4.78 is 5.71. The molecule has 5 heteroatoms. The second-order valence-electron chi connectivity index (χ2n) is 4.32. The quantitative estimate of drug-likeness (QED) is 0.871. The second-order valence-corrected chi connectivity index (χ2v) is 5.15. The minimum absolute atomic E-state index is 0.380. The zero-order valence-corrected chi connectivity index (χ0v) is 11.4. The van der Waals surface area contributed by atoms with E-state index in [4.69, 9.17) is 4.74 Å². The highest BCUT2D eigenvalue weighted by atomic mass is 32.1. The summed E-state index contributed by atoms with van der Waals surface area (Å²) in [5.41, 5.74) is 1.13. The van der Waals surface area contributed by atoms with Crippen molar-refractivity contribution in [2.45, 2.75) is 32.4 Å². The van der Waals surface area contributed by atoms with Gasteiger partial charge in [0.15, 0.2) is 5.13 Å². The van der Waals surface area contributed by atoms with Crippen molar-refractivity contribution >= 4 is 16.5 Å². The van der Waals surface area contributed by atoms with Gasteiger partial charge in [0.05, 0.1) is 11.8 Å². The zero-order valence-electron chi connectivity index (χ0n) is 10.6. The lowest BCUT2D eigenvalue weighted by Gasteiger charge is -2.32. The lowest BCUT2D eigenvalue weighted by Crippen LogP contribution is -2.39. The molecule has 1 N–H and O–H groups in total. The number of anilines is 1. The average molecular weight is 255 g/mol. The Morgan fingerprint density at radius 1 is 1.65 bits per heavy atom. The molecule has 1 aromatic heterocycles. The van der Waals surface area contributed by atoms with Crippen LogP contribution >= 0.6 is 11.3 Å². The fourth-order valence-electron chi connectivity index (χ4n) is 2.19. The van der Waals surface area contributed by atoms with E-state index in [2.05, 4.69) is 27.5 Å². The first-order valence-electron chi connectivity index (χ1n) is 6.29. The van der Waals surface area contributed by atoms with Crippen LogP contribution < -0.4 is 10.2 Å². The van der Waals surface area contributed by atoms with Crippen LogP contribution in [-0.4, -0.2) is 37.8 Å². The molecule has 1 saturated heterocycles. The lowest BCUT2D eigenvalue weighted by molar-refractivity contribution is 0.0526. The Morgan fingerprint density at radius 2 is 2.53 bits per heavy atom. The van der Waals surface area contributed by atoms with Gasteiger partial charge >= 0.3 is 0 Å². The Kier molecular flexibility index (Phi) is 4.76. The van der Waals surface area contributed by atoms with Crippen molar-refractivity contribution in [2.24, 2.45) is 0 Å². The predicted octanol–water partition coefficient (Wildman–Crippen LogP) is 1.87. The van der Waals surface area contributed by atoms with Crippen LogP contribution in [0.1, 0.15) is 25.5 Å². The molecule has 1 fully saturated rings. The highest BCUT2D eigenvalue weighted by molar-refractivity contribution is 7.13. The third-order valence-corrected chi connectivity index (χ3v) is 3.90. The summed E-state index contributed by atoms with van der Waals surface area (Å²) in [7, 11) is 1.95. The monoisotopic (exact) mass is 255 g/mol. The molecule has 96 valence electrons. The molecule has 0 saturated carbocycles. The molecule has 1 unspecified atom stereocenters. The molecule has 4 nitrogen and oxygen atoms in total. The van der Waals surface area contributed by atoms with E-state index in [1.54, 1.807) is 11.3 Å². The van der Waals surface area contributed by atoms with E-state index in [0.29, 0.717) is 6.10 Å². The third-order valence-electron chi connectivity index (χ3n) is 2.95. The van der Waals surface area contributed by atoms with Crippen LogP contribution in [0, 0.1) is 0 Å². The molecular weight excluding hydrogens is 234 g/mol. The molecule has 1 aliphatic heterocycles. The first kappa shape index (κ1) is 12.8. The standard InChI is InChI=1S/C12H21N3OS/c1-3-16-11-5-4-6-15(8-11)12-14-10(7-13-2)9-17-12/h9,11,13H,3-8H2,1-2H3. The van der Waals surface area contributed by atoms with Crippen LogP contribution in [0.2, 0.25) is 0 Å². The van der Waals surface area contributed by atoms with Gasteiger partial charge in [-0.15, -0.1) is 11.3 Å². The number of aromatic nitrogens is 1. The molecule has 17 heavy (non-hydrogen) atoms. The fraction of sp³-hybridized carbons (Fsp3) is 0.750. The molecule has 2 rings (SSSR count). The zero-order chi connectivity index (χ0) is 12.1. The summed E-state index contributed by atoms with van der Waals surface area (Å²) in [5.74, 6) is 0. The Balaban J connectivity index is 1.95. The van der Waals surface area contributed by atoms with E-state index >= 15 is 0 Å². The minimum atomic E-state index is 0.380. The van der Waals surface area contributed by atoms with Crippen molar-refractivity contribution in [1.29, 1.82) is 0 Å². The molecule has 0 amide bonds. The van der Waals surface area contributed by atoms with E-state index < -0.39 is 0 Å². The summed E-state index contributed by atoms with van der Waals surface area (Å²) >= 11 is 1.74. The predicted molar refractivity (Wildman–Crippen MR) is 71.7 cm³/mol. The number of piperidine rings is 1. The van der Waals surface area contributed by atoms with Crippen molar-refractivity contribution in [3.63, 3.8) is 0 Å². The van der Waals surface area contributed by atoms with Crippen molar-refractivity contribution in [3.8, 4) is 0 Å². The maximum Gasteiger partial charge on any atom is 0.185 e. The molecule has 0 aromatic carbocycles. The summed E-state index contributed by atoms with van der Waals surface area (Å²) in [6.45, 7) is 5.81. The first-order valence-corrected chi connectivity index (χ1v) is 7.17. The SMILES string of the molecule is CCOC1CCCN(c2nc(CNC)cs2)C1. The smallest absolute Gasteiger partial charge is 0.185 e. The molecule has 2 heterocycles. The van der Waals surface area contributed by atoms with Crippen molar-refractivity contribution < 1.29 is 4.74 Å². The summed E-state index contributed by atoms with van der Waals surface area (Å²) in [6.07, 6.45) is 2.76. The summed E-state index contributed by atoms with van der Waals surface area (Å²) in [6, 6.07) is 0. The number of thiazole rings is 1. The van der Waals surface area contributed by atoms with E-state index in [-0.39, 0.29) is 0 Å². The number of nitrogens with zero attached hydrogens (tertiary/aromatic N) is 2. The highest BCUT2D eigenvalue weighted by Gasteiger charge is 2.22. The van der Waals surface area contributed by atoms with E-state index in [1.165, 1.54) is 12.8 Å². The van der Waals surface area contributed by atoms with Gasteiger partial charge in [0.1, 0.15) is 0 Å². The highest BCUT2D eigenvalue weighted by Crippen LogP contribution is 2.25.